The van der Waals surface area contributed by atoms with E-state index in [-0.39, 0.29) is 0 Å². The number of amidine groups is 1. The Bertz CT molecular complexity index is 919. The topological polar surface area (TPSA) is 87.2 Å². The third-order valence-corrected chi connectivity index (χ3v) is 3.95. The molecule has 0 aliphatic heterocycles. The summed E-state index contributed by atoms with van der Waals surface area (Å²) in [5, 5.41) is 12.1. The molecule has 3 rings (SSSR count). The number of nitrogens with two attached hydrogens (primary N) is 1. The summed E-state index contributed by atoms with van der Waals surface area (Å²) in [4.78, 5) is 8.60. The van der Waals surface area contributed by atoms with Crippen molar-refractivity contribution in [2.75, 3.05) is 5.32 Å². The van der Waals surface area contributed by atoms with Gasteiger partial charge in [0.15, 0.2) is 0 Å². The van der Waals surface area contributed by atoms with Crippen molar-refractivity contribution in [3.63, 3.8) is 0 Å². The molecule has 0 amide bonds. The number of halogens is 1. The molecule has 2 aromatic carbocycles. The van der Waals surface area contributed by atoms with Gasteiger partial charge in [-0.3, -0.25) is 9.98 Å². The van der Waals surface area contributed by atoms with E-state index in [0.717, 1.165) is 27.8 Å². The molecule has 0 aliphatic carbocycles. The molecule has 25 heavy (non-hydrogen) atoms. The predicted molar refractivity (Wildman–Crippen MR) is 105 cm³/mol. The zero-order valence-corrected chi connectivity index (χ0v) is 14.3. The van der Waals surface area contributed by atoms with Gasteiger partial charge in [0.25, 0.3) is 0 Å². The van der Waals surface area contributed by atoms with Crippen molar-refractivity contribution in [3.05, 3.63) is 65.3 Å². The Hall–Kier alpha value is -2.92. The van der Waals surface area contributed by atoms with Crippen LogP contribution >= 0.6 is 11.6 Å². The first kappa shape index (κ1) is 16.9. The molecule has 0 aliphatic rings. The standard InChI is InChI=1S/C19H18ClN5/c20-14-3-6-16-17(8-10-23-18(16)11-14)25-15-4-1-13(2-5-15)12-24-19(22)7-9-21/h1-6,8-11,21H,7,12H2,(H2,22,24)(H,23,25). The smallest absolute Gasteiger partial charge is 0.0994 e. The minimum atomic E-state index is 0.388. The highest BCUT2D eigenvalue weighted by Gasteiger charge is 2.03. The molecule has 0 saturated heterocycles. The average Bonchev–Trinajstić information content (AvgIpc) is 2.61. The van der Waals surface area contributed by atoms with Gasteiger partial charge in [-0.15, -0.1) is 0 Å². The van der Waals surface area contributed by atoms with Gasteiger partial charge in [0, 0.05) is 40.6 Å². The molecule has 1 heterocycles. The molecule has 5 nitrogen and oxygen atoms in total. The molecule has 0 radical (unpaired) electrons. The van der Waals surface area contributed by atoms with Gasteiger partial charge in [-0.2, -0.15) is 0 Å². The van der Waals surface area contributed by atoms with Crippen LogP contribution < -0.4 is 11.1 Å². The normalized spacial score (nSPS) is 11.5. The largest absolute Gasteiger partial charge is 0.387 e. The first-order valence-corrected chi connectivity index (χ1v) is 8.21. The number of fused-ring (bicyclic) bond motifs is 1. The molecule has 1 aromatic heterocycles. The average molecular weight is 352 g/mol. The van der Waals surface area contributed by atoms with Crippen molar-refractivity contribution >= 4 is 45.9 Å². The fraction of sp³-hybridized carbons (Fsp3) is 0.105. The SMILES string of the molecule is N=CCC(N)=NCc1ccc(Nc2ccnc3cc(Cl)ccc23)cc1. The predicted octanol–water partition coefficient (Wildman–Crippen LogP) is 4.53. The van der Waals surface area contributed by atoms with E-state index in [0.29, 0.717) is 23.8 Å². The maximum absolute atomic E-state index is 7.01. The molecule has 0 spiro atoms. The number of pyridine rings is 1. The molecule has 6 heteroatoms. The lowest BCUT2D eigenvalue weighted by Gasteiger charge is -2.10. The van der Waals surface area contributed by atoms with E-state index in [2.05, 4.69) is 15.3 Å². The van der Waals surface area contributed by atoms with Crippen molar-refractivity contribution in [2.24, 2.45) is 10.7 Å². The summed E-state index contributed by atoms with van der Waals surface area (Å²) in [7, 11) is 0. The van der Waals surface area contributed by atoms with Crippen molar-refractivity contribution < 1.29 is 0 Å². The van der Waals surface area contributed by atoms with E-state index in [9.17, 15) is 0 Å². The first-order valence-electron chi connectivity index (χ1n) is 7.83. The van der Waals surface area contributed by atoms with Crippen molar-refractivity contribution in [3.8, 4) is 0 Å². The molecular weight excluding hydrogens is 334 g/mol. The van der Waals surface area contributed by atoms with E-state index >= 15 is 0 Å². The number of aromatic nitrogens is 1. The van der Waals surface area contributed by atoms with Crippen LogP contribution in [0.3, 0.4) is 0 Å². The highest BCUT2D eigenvalue weighted by atomic mass is 35.5. The third kappa shape index (κ3) is 4.33. The maximum Gasteiger partial charge on any atom is 0.0994 e. The molecule has 126 valence electrons. The Balaban J connectivity index is 1.76. The molecule has 0 atom stereocenters. The minimum absolute atomic E-state index is 0.388. The van der Waals surface area contributed by atoms with Crippen LogP contribution in [0.5, 0.6) is 0 Å². The molecule has 0 bridgehead atoms. The van der Waals surface area contributed by atoms with Crippen molar-refractivity contribution in [2.45, 2.75) is 13.0 Å². The van der Waals surface area contributed by atoms with Gasteiger partial charge in [-0.25, -0.2) is 0 Å². The van der Waals surface area contributed by atoms with Gasteiger partial charge < -0.3 is 16.5 Å². The fourth-order valence-electron chi connectivity index (χ4n) is 2.44. The number of nitrogens with zero attached hydrogens (tertiary/aromatic N) is 2. The summed E-state index contributed by atoms with van der Waals surface area (Å²) in [5.41, 5.74) is 9.56. The first-order chi connectivity index (χ1) is 12.2. The third-order valence-electron chi connectivity index (χ3n) is 3.71. The van der Waals surface area contributed by atoms with Gasteiger partial charge >= 0.3 is 0 Å². The monoisotopic (exact) mass is 351 g/mol. The summed E-state index contributed by atoms with van der Waals surface area (Å²) in [6.07, 6.45) is 3.40. The number of rotatable bonds is 6. The Morgan fingerprint density at radius 3 is 2.76 bits per heavy atom. The molecular formula is C19H18ClN5. The van der Waals surface area contributed by atoms with Crippen LogP contribution in [0.25, 0.3) is 10.9 Å². The van der Waals surface area contributed by atoms with E-state index in [4.69, 9.17) is 22.7 Å². The zero-order valence-electron chi connectivity index (χ0n) is 13.5. The molecule has 4 N–H and O–H groups in total. The van der Waals surface area contributed by atoms with E-state index in [1.807, 2.05) is 48.5 Å². The Kier molecular flexibility index (Phi) is 5.26. The summed E-state index contributed by atoms with van der Waals surface area (Å²) < 4.78 is 0. The van der Waals surface area contributed by atoms with Gasteiger partial charge in [-0.1, -0.05) is 23.7 Å². The maximum atomic E-state index is 7.01. The highest BCUT2D eigenvalue weighted by Crippen LogP contribution is 2.27. The Morgan fingerprint density at radius 1 is 1.20 bits per heavy atom. The van der Waals surface area contributed by atoms with E-state index < -0.39 is 0 Å². The molecule has 3 aromatic rings. The Labute approximate surface area is 151 Å². The minimum Gasteiger partial charge on any atom is -0.387 e. The van der Waals surface area contributed by atoms with Crippen LogP contribution in [0.1, 0.15) is 12.0 Å². The summed E-state index contributed by atoms with van der Waals surface area (Å²) >= 11 is 6.03. The van der Waals surface area contributed by atoms with Crippen LogP contribution in [0.15, 0.2) is 59.7 Å². The highest BCUT2D eigenvalue weighted by molar-refractivity contribution is 6.31. The quantitative estimate of drug-likeness (QED) is 0.450. The second kappa shape index (κ2) is 7.77. The number of aliphatic imine (C=N–C) groups is 1. The Morgan fingerprint density at radius 2 is 2.00 bits per heavy atom. The van der Waals surface area contributed by atoms with Crippen LogP contribution in [0.4, 0.5) is 11.4 Å². The van der Waals surface area contributed by atoms with Gasteiger partial charge in [0.2, 0.25) is 0 Å². The lowest BCUT2D eigenvalue weighted by Crippen LogP contribution is -2.11. The summed E-state index contributed by atoms with van der Waals surface area (Å²) in [6.45, 7) is 0.511. The van der Waals surface area contributed by atoms with Crippen molar-refractivity contribution in [1.29, 1.82) is 5.41 Å². The van der Waals surface area contributed by atoms with Crippen LogP contribution in [-0.4, -0.2) is 17.0 Å². The number of hydrogen-bond acceptors (Lipinski definition) is 4. The van der Waals surface area contributed by atoms with E-state index in [1.54, 1.807) is 6.20 Å². The second-order valence-corrected chi connectivity index (χ2v) is 5.99. The van der Waals surface area contributed by atoms with Crippen LogP contribution in [0.2, 0.25) is 5.02 Å². The molecule has 0 saturated carbocycles. The molecule has 0 fully saturated rings. The summed E-state index contributed by atoms with van der Waals surface area (Å²) in [5.74, 6) is 0.471. The number of benzene rings is 2. The zero-order chi connectivity index (χ0) is 17.6. The van der Waals surface area contributed by atoms with Crippen LogP contribution in [-0.2, 0) is 6.54 Å². The van der Waals surface area contributed by atoms with Gasteiger partial charge in [-0.05, 0) is 42.0 Å². The number of hydrogen-bond donors (Lipinski definition) is 3. The van der Waals surface area contributed by atoms with Crippen LogP contribution in [0, 0.1) is 5.41 Å². The molecule has 0 unspecified atom stereocenters. The summed E-state index contributed by atoms with van der Waals surface area (Å²) in [6, 6.07) is 15.6. The van der Waals surface area contributed by atoms with Gasteiger partial charge in [0.1, 0.15) is 0 Å². The lowest BCUT2D eigenvalue weighted by molar-refractivity contribution is 1.05. The lowest BCUT2D eigenvalue weighted by atomic mass is 10.1. The van der Waals surface area contributed by atoms with Gasteiger partial charge in [0.05, 0.1) is 17.9 Å². The number of anilines is 2. The second-order valence-electron chi connectivity index (χ2n) is 5.56. The number of nitrogens with one attached hydrogen (secondary N) is 2. The fourth-order valence-corrected chi connectivity index (χ4v) is 2.61. The van der Waals surface area contributed by atoms with Crippen molar-refractivity contribution in [1.82, 2.24) is 4.98 Å². The van der Waals surface area contributed by atoms with E-state index in [1.165, 1.54) is 6.21 Å².